The van der Waals surface area contributed by atoms with Gasteiger partial charge in [-0.1, -0.05) is 0 Å². The third kappa shape index (κ3) is 3.55. The van der Waals surface area contributed by atoms with Crippen LogP contribution in [0.15, 0.2) is 42.7 Å². The summed E-state index contributed by atoms with van der Waals surface area (Å²) in [6.07, 6.45) is 5.48. The van der Waals surface area contributed by atoms with Gasteiger partial charge >= 0.3 is 0 Å². The number of amides is 1. The number of likely N-dealkylation sites (tertiary alicyclic amines) is 1. The highest BCUT2D eigenvalue weighted by atomic mass is 16.2. The van der Waals surface area contributed by atoms with E-state index in [9.17, 15) is 9.59 Å². The summed E-state index contributed by atoms with van der Waals surface area (Å²) >= 11 is 0. The number of hydrogen-bond acceptors (Lipinski definition) is 5. The molecule has 1 aromatic carbocycles. The molecular weight excluding hydrogens is 352 g/mol. The molecule has 2 aliphatic rings. The van der Waals surface area contributed by atoms with Crippen molar-refractivity contribution in [1.82, 2.24) is 15.2 Å². The molecule has 6 heteroatoms. The molecule has 3 heterocycles. The second-order valence-corrected chi connectivity index (χ2v) is 7.48. The van der Waals surface area contributed by atoms with Crippen LogP contribution in [0.3, 0.4) is 0 Å². The third-order valence-electron chi connectivity index (χ3n) is 5.46. The topological polar surface area (TPSA) is 74.3 Å². The number of carbonyl (C=O) groups is 2. The van der Waals surface area contributed by atoms with Gasteiger partial charge in [0.05, 0.1) is 11.3 Å². The molecule has 0 radical (unpaired) electrons. The molecular formula is C22H24N4O2. The molecule has 0 atom stereocenters. The van der Waals surface area contributed by atoms with Crippen molar-refractivity contribution in [2.75, 3.05) is 25.5 Å². The zero-order chi connectivity index (χ0) is 19.7. The van der Waals surface area contributed by atoms with E-state index in [0.717, 1.165) is 48.4 Å². The molecule has 2 aliphatic heterocycles. The Kier molecular flexibility index (Phi) is 4.96. The number of benzene rings is 1. The standard InChI is InChI=1S/C22H24N4O2/c1-14(27)16-3-4-19-18(13-16)20(22(28)25-19)21(15-5-9-23-10-6-15)24-17-7-11-26(2)12-8-17/h3-6,9-10,13,17,24H,7-8,11-12H2,1-2H3,(H,25,28)/b21-20-. The van der Waals surface area contributed by atoms with Crippen LogP contribution in [0.2, 0.25) is 0 Å². The van der Waals surface area contributed by atoms with Crippen molar-refractivity contribution in [3.05, 3.63) is 59.4 Å². The van der Waals surface area contributed by atoms with Gasteiger partial charge in [0.2, 0.25) is 0 Å². The lowest BCUT2D eigenvalue weighted by atomic mass is 9.96. The van der Waals surface area contributed by atoms with Gasteiger partial charge in [0.15, 0.2) is 5.78 Å². The van der Waals surface area contributed by atoms with Crippen LogP contribution in [0.4, 0.5) is 5.69 Å². The van der Waals surface area contributed by atoms with Gasteiger partial charge in [-0.05, 0) is 70.2 Å². The Hall–Kier alpha value is -2.99. The number of nitrogens with one attached hydrogen (secondary N) is 2. The van der Waals surface area contributed by atoms with Crippen LogP contribution in [0, 0.1) is 0 Å². The Morgan fingerprint density at radius 2 is 1.86 bits per heavy atom. The predicted octanol–water partition coefficient (Wildman–Crippen LogP) is 2.79. The normalized spacial score (nSPS) is 19.1. The molecule has 28 heavy (non-hydrogen) atoms. The molecule has 1 aromatic heterocycles. The van der Waals surface area contributed by atoms with Crippen molar-refractivity contribution < 1.29 is 9.59 Å². The molecule has 144 valence electrons. The van der Waals surface area contributed by atoms with Crippen LogP contribution in [0.5, 0.6) is 0 Å². The lowest BCUT2D eigenvalue weighted by Crippen LogP contribution is -2.40. The van der Waals surface area contributed by atoms with Crippen LogP contribution in [0.1, 0.15) is 41.3 Å². The molecule has 6 nitrogen and oxygen atoms in total. The number of carbonyl (C=O) groups excluding carboxylic acids is 2. The molecule has 0 aliphatic carbocycles. The number of Topliss-reactive ketones (excluding diaryl/α,β-unsaturated/α-hetero) is 1. The van der Waals surface area contributed by atoms with E-state index in [4.69, 9.17) is 0 Å². The van der Waals surface area contributed by atoms with Crippen LogP contribution in [-0.4, -0.2) is 47.8 Å². The smallest absolute Gasteiger partial charge is 0.258 e. The fraction of sp³-hybridized carbons (Fsp3) is 0.318. The summed E-state index contributed by atoms with van der Waals surface area (Å²) in [6, 6.07) is 9.47. The minimum absolute atomic E-state index is 0.0183. The second kappa shape index (κ2) is 7.56. The fourth-order valence-electron chi connectivity index (χ4n) is 3.81. The van der Waals surface area contributed by atoms with Crippen molar-refractivity contribution in [1.29, 1.82) is 0 Å². The molecule has 1 saturated heterocycles. The van der Waals surface area contributed by atoms with Crippen LogP contribution in [0.25, 0.3) is 11.3 Å². The summed E-state index contributed by atoms with van der Waals surface area (Å²) in [5, 5.41) is 6.57. The largest absolute Gasteiger partial charge is 0.381 e. The zero-order valence-corrected chi connectivity index (χ0v) is 16.2. The number of rotatable bonds is 4. The molecule has 0 bridgehead atoms. The maximum absolute atomic E-state index is 12.9. The second-order valence-electron chi connectivity index (χ2n) is 7.48. The highest BCUT2D eigenvalue weighted by Gasteiger charge is 2.30. The number of pyridine rings is 1. The minimum Gasteiger partial charge on any atom is -0.381 e. The maximum Gasteiger partial charge on any atom is 0.258 e. The van der Waals surface area contributed by atoms with Crippen LogP contribution >= 0.6 is 0 Å². The van der Waals surface area contributed by atoms with Crippen molar-refractivity contribution in [2.45, 2.75) is 25.8 Å². The number of anilines is 1. The van der Waals surface area contributed by atoms with E-state index in [1.54, 1.807) is 24.5 Å². The van der Waals surface area contributed by atoms with Crippen molar-refractivity contribution >= 4 is 28.6 Å². The number of fused-ring (bicyclic) bond motifs is 1. The third-order valence-corrected chi connectivity index (χ3v) is 5.46. The Bertz CT molecular complexity index is 944. The van der Waals surface area contributed by atoms with Gasteiger partial charge in [-0.2, -0.15) is 0 Å². The number of ketones is 1. The summed E-state index contributed by atoms with van der Waals surface area (Å²) in [5.41, 5.74) is 4.41. The minimum atomic E-state index is -0.150. The summed E-state index contributed by atoms with van der Waals surface area (Å²) in [6.45, 7) is 3.58. The van der Waals surface area contributed by atoms with E-state index in [2.05, 4.69) is 27.6 Å². The number of piperidine rings is 1. The van der Waals surface area contributed by atoms with E-state index >= 15 is 0 Å². The molecule has 0 saturated carbocycles. The molecule has 0 unspecified atom stereocenters. The maximum atomic E-state index is 12.9. The molecule has 2 aromatic rings. The van der Waals surface area contributed by atoms with Gasteiger partial charge in [-0.3, -0.25) is 14.6 Å². The Morgan fingerprint density at radius 1 is 1.14 bits per heavy atom. The molecule has 4 rings (SSSR count). The van der Waals surface area contributed by atoms with E-state index in [1.807, 2.05) is 18.2 Å². The zero-order valence-electron chi connectivity index (χ0n) is 16.2. The average Bonchev–Trinajstić information content (AvgIpc) is 3.03. The summed E-state index contributed by atoms with van der Waals surface area (Å²) in [5.74, 6) is -0.168. The molecule has 1 fully saturated rings. The Labute approximate surface area is 164 Å². The lowest BCUT2D eigenvalue weighted by Gasteiger charge is -2.31. The number of aromatic nitrogens is 1. The highest BCUT2D eigenvalue weighted by molar-refractivity contribution is 6.36. The molecule has 2 N–H and O–H groups in total. The van der Waals surface area contributed by atoms with Crippen LogP contribution < -0.4 is 10.6 Å². The van der Waals surface area contributed by atoms with Crippen molar-refractivity contribution in [3.8, 4) is 0 Å². The van der Waals surface area contributed by atoms with Crippen molar-refractivity contribution in [3.63, 3.8) is 0 Å². The van der Waals surface area contributed by atoms with Gasteiger partial charge in [-0.25, -0.2) is 0 Å². The number of nitrogens with zero attached hydrogens (tertiary/aromatic N) is 2. The first-order valence-electron chi connectivity index (χ1n) is 9.59. The SMILES string of the molecule is CC(=O)c1ccc2c(c1)/C(=C(/NC1CCN(C)CC1)c1ccncc1)C(=O)N2. The quantitative estimate of drug-likeness (QED) is 0.634. The van der Waals surface area contributed by atoms with E-state index < -0.39 is 0 Å². The predicted molar refractivity (Wildman–Crippen MR) is 110 cm³/mol. The summed E-state index contributed by atoms with van der Waals surface area (Å²) in [7, 11) is 2.13. The van der Waals surface area contributed by atoms with Crippen molar-refractivity contribution in [2.24, 2.45) is 0 Å². The Balaban J connectivity index is 1.81. The lowest BCUT2D eigenvalue weighted by molar-refractivity contribution is -0.110. The van der Waals surface area contributed by atoms with E-state index in [-0.39, 0.29) is 11.7 Å². The molecule has 0 spiro atoms. The monoisotopic (exact) mass is 376 g/mol. The van der Waals surface area contributed by atoms with E-state index in [1.165, 1.54) is 6.92 Å². The first-order valence-corrected chi connectivity index (χ1v) is 9.59. The summed E-state index contributed by atoms with van der Waals surface area (Å²) < 4.78 is 0. The van der Waals surface area contributed by atoms with Gasteiger partial charge in [0, 0.05) is 40.8 Å². The van der Waals surface area contributed by atoms with E-state index in [0.29, 0.717) is 17.2 Å². The van der Waals surface area contributed by atoms with Gasteiger partial charge < -0.3 is 15.5 Å². The Morgan fingerprint density at radius 3 is 2.54 bits per heavy atom. The van der Waals surface area contributed by atoms with Gasteiger partial charge in [0.25, 0.3) is 5.91 Å². The van der Waals surface area contributed by atoms with Crippen LogP contribution in [-0.2, 0) is 4.79 Å². The number of hydrogen-bond donors (Lipinski definition) is 2. The average molecular weight is 376 g/mol. The van der Waals surface area contributed by atoms with Gasteiger partial charge in [0.1, 0.15) is 0 Å². The first-order chi connectivity index (χ1) is 13.5. The highest BCUT2D eigenvalue weighted by Crippen LogP contribution is 2.37. The van der Waals surface area contributed by atoms with Gasteiger partial charge in [-0.15, -0.1) is 0 Å². The summed E-state index contributed by atoms with van der Waals surface area (Å²) in [4.78, 5) is 31.2. The fourth-order valence-corrected chi connectivity index (χ4v) is 3.81. The first kappa shape index (κ1) is 18.4. The molecule has 1 amide bonds.